The highest BCUT2D eigenvalue weighted by molar-refractivity contribution is 6.08. The van der Waals surface area contributed by atoms with Crippen molar-refractivity contribution >= 4 is 21.8 Å². The van der Waals surface area contributed by atoms with Crippen molar-refractivity contribution in [2.24, 2.45) is 0 Å². The fourth-order valence-electron chi connectivity index (χ4n) is 5.04. The molecule has 1 aromatic heterocycles. The van der Waals surface area contributed by atoms with Crippen molar-refractivity contribution in [3.63, 3.8) is 0 Å². The minimum atomic E-state index is 0.167. The second-order valence-corrected chi connectivity index (χ2v) is 12.3. The van der Waals surface area contributed by atoms with Crippen molar-refractivity contribution in [1.82, 2.24) is 4.57 Å². The molecule has 1 nitrogen and oxygen atoms in total. The summed E-state index contributed by atoms with van der Waals surface area (Å²) in [5, 5.41) is 2.85. The first-order valence-corrected chi connectivity index (χ1v) is 13.7. The van der Waals surface area contributed by atoms with Crippen LogP contribution in [0.2, 0.25) is 0 Å². The van der Waals surface area contributed by atoms with Crippen molar-refractivity contribution in [2.45, 2.75) is 130 Å². The molecule has 0 bridgehead atoms. The Hall–Kier alpha value is -1.76. The molecule has 33 heavy (non-hydrogen) atoms. The van der Waals surface area contributed by atoms with Crippen LogP contribution in [-0.4, -0.2) is 4.57 Å². The Morgan fingerprint density at radius 1 is 0.545 bits per heavy atom. The molecule has 1 heteroatoms. The minimum absolute atomic E-state index is 0.167. The molecule has 0 unspecified atom stereocenters. The zero-order valence-corrected chi connectivity index (χ0v) is 22.7. The van der Waals surface area contributed by atoms with E-state index in [1.165, 1.54) is 97.1 Å². The van der Waals surface area contributed by atoms with Crippen LogP contribution in [0.25, 0.3) is 21.8 Å². The van der Waals surface area contributed by atoms with E-state index in [0.29, 0.717) is 0 Å². The number of hydrogen-bond acceptors (Lipinski definition) is 0. The number of unbranched alkanes of at least 4 members (excludes halogenated alkanes) is 9. The lowest BCUT2D eigenvalue weighted by Crippen LogP contribution is -2.10. The minimum Gasteiger partial charge on any atom is -0.340 e. The predicted molar refractivity (Wildman–Crippen MR) is 149 cm³/mol. The molecule has 0 fully saturated rings. The van der Waals surface area contributed by atoms with E-state index in [-0.39, 0.29) is 10.8 Å². The molecule has 3 rings (SSSR count). The zero-order chi connectivity index (χ0) is 24.1. The number of aryl methyl sites for hydroxylation is 1. The van der Waals surface area contributed by atoms with E-state index in [2.05, 4.69) is 89.4 Å². The molecule has 182 valence electrons. The van der Waals surface area contributed by atoms with Crippen molar-refractivity contribution in [1.29, 1.82) is 0 Å². The van der Waals surface area contributed by atoms with Crippen molar-refractivity contribution in [2.75, 3.05) is 0 Å². The molecule has 0 saturated heterocycles. The van der Waals surface area contributed by atoms with E-state index >= 15 is 0 Å². The quantitative estimate of drug-likeness (QED) is 0.258. The summed E-state index contributed by atoms with van der Waals surface area (Å²) in [6.07, 6.45) is 13.9. The summed E-state index contributed by atoms with van der Waals surface area (Å²) in [6.45, 7) is 17.3. The van der Waals surface area contributed by atoms with Crippen LogP contribution in [0.15, 0.2) is 36.4 Å². The lowest BCUT2D eigenvalue weighted by Gasteiger charge is -2.19. The van der Waals surface area contributed by atoms with Crippen LogP contribution in [0.3, 0.4) is 0 Å². The number of rotatable bonds is 11. The molecule has 0 aliphatic carbocycles. The Labute approximate surface area is 204 Å². The summed E-state index contributed by atoms with van der Waals surface area (Å²) in [4.78, 5) is 0. The van der Waals surface area contributed by atoms with E-state index < -0.39 is 0 Å². The van der Waals surface area contributed by atoms with E-state index in [1.54, 1.807) is 0 Å². The van der Waals surface area contributed by atoms with Crippen LogP contribution in [0.4, 0.5) is 0 Å². The fraction of sp³-hybridized carbons (Fsp3) is 0.625. The molecule has 2 aromatic carbocycles. The summed E-state index contributed by atoms with van der Waals surface area (Å²) in [5.74, 6) is 0. The van der Waals surface area contributed by atoms with Gasteiger partial charge in [-0.1, -0.05) is 118 Å². The maximum atomic E-state index is 2.59. The Morgan fingerprint density at radius 2 is 0.939 bits per heavy atom. The maximum absolute atomic E-state index is 2.59. The molecular formula is C32H49N. The lowest BCUT2D eigenvalue weighted by molar-refractivity contribution is 0.541. The van der Waals surface area contributed by atoms with Gasteiger partial charge in [-0.05, 0) is 52.6 Å². The molecule has 3 aromatic rings. The molecular weight excluding hydrogens is 398 g/mol. The Morgan fingerprint density at radius 3 is 1.33 bits per heavy atom. The predicted octanol–water partition coefficient (Wildman–Crippen LogP) is 10.3. The maximum Gasteiger partial charge on any atom is 0.0491 e. The van der Waals surface area contributed by atoms with Gasteiger partial charge in [-0.15, -0.1) is 0 Å². The van der Waals surface area contributed by atoms with Gasteiger partial charge in [0.05, 0.1) is 0 Å². The number of nitrogens with zero attached hydrogens (tertiary/aromatic N) is 1. The molecule has 0 spiro atoms. The number of aromatic nitrogens is 1. The van der Waals surface area contributed by atoms with Crippen molar-refractivity contribution in [3.05, 3.63) is 47.5 Å². The Kier molecular flexibility index (Phi) is 8.70. The van der Waals surface area contributed by atoms with Crippen LogP contribution in [0, 0.1) is 0 Å². The van der Waals surface area contributed by atoms with Crippen LogP contribution in [0.5, 0.6) is 0 Å². The first-order valence-electron chi connectivity index (χ1n) is 13.7. The van der Waals surface area contributed by atoms with Gasteiger partial charge in [0.25, 0.3) is 0 Å². The summed E-state index contributed by atoms with van der Waals surface area (Å²) >= 11 is 0. The molecule has 0 aliphatic heterocycles. The largest absolute Gasteiger partial charge is 0.340 e. The highest BCUT2D eigenvalue weighted by Crippen LogP contribution is 2.36. The van der Waals surface area contributed by atoms with E-state index in [4.69, 9.17) is 0 Å². The normalized spacial score (nSPS) is 12.8. The van der Waals surface area contributed by atoms with Gasteiger partial charge in [0.2, 0.25) is 0 Å². The van der Waals surface area contributed by atoms with Gasteiger partial charge in [-0.3, -0.25) is 0 Å². The van der Waals surface area contributed by atoms with E-state index in [0.717, 1.165) is 6.54 Å². The zero-order valence-electron chi connectivity index (χ0n) is 22.7. The molecule has 1 heterocycles. The summed E-state index contributed by atoms with van der Waals surface area (Å²) in [6, 6.07) is 14.4. The number of benzene rings is 2. The van der Waals surface area contributed by atoms with Gasteiger partial charge >= 0.3 is 0 Å². The SMILES string of the molecule is CCCCCCCCCCCCn1c2ccc(C(C)(C)C)cc2c2cc(C(C)(C)C)ccc21. The first-order chi connectivity index (χ1) is 15.6. The smallest absolute Gasteiger partial charge is 0.0491 e. The highest BCUT2D eigenvalue weighted by atomic mass is 15.0. The number of hydrogen-bond donors (Lipinski definition) is 0. The standard InChI is InChI=1S/C32H49N/c1-8-9-10-11-12-13-14-15-16-17-22-33-29-20-18-25(31(2,3)4)23-27(29)28-24-26(32(5,6)7)19-21-30(28)33/h18-21,23-24H,8-17,22H2,1-7H3. The third kappa shape index (κ3) is 6.65. The van der Waals surface area contributed by atoms with E-state index in [1.807, 2.05) is 0 Å². The first kappa shape index (κ1) is 25.9. The summed E-state index contributed by atoms with van der Waals surface area (Å²) in [5.41, 5.74) is 5.99. The molecule has 0 amide bonds. The third-order valence-corrected chi connectivity index (χ3v) is 7.33. The average Bonchev–Trinajstić information content (AvgIpc) is 3.06. The number of fused-ring (bicyclic) bond motifs is 3. The van der Waals surface area contributed by atoms with Gasteiger partial charge in [-0.25, -0.2) is 0 Å². The van der Waals surface area contributed by atoms with Crippen LogP contribution >= 0.6 is 0 Å². The third-order valence-electron chi connectivity index (χ3n) is 7.33. The molecule has 0 radical (unpaired) electrons. The Bertz CT molecular complexity index is 951. The molecule has 0 saturated carbocycles. The van der Waals surface area contributed by atoms with Crippen molar-refractivity contribution in [3.8, 4) is 0 Å². The van der Waals surface area contributed by atoms with Gasteiger partial charge in [0, 0.05) is 28.4 Å². The topological polar surface area (TPSA) is 4.93 Å². The summed E-state index contributed by atoms with van der Waals surface area (Å²) in [7, 11) is 0. The van der Waals surface area contributed by atoms with Gasteiger partial charge in [-0.2, -0.15) is 0 Å². The highest BCUT2D eigenvalue weighted by Gasteiger charge is 2.19. The lowest BCUT2D eigenvalue weighted by atomic mass is 9.85. The van der Waals surface area contributed by atoms with Gasteiger partial charge in [0.15, 0.2) is 0 Å². The van der Waals surface area contributed by atoms with Crippen LogP contribution in [-0.2, 0) is 17.4 Å². The van der Waals surface area contributed by atoms with E-state index in [9.17, 15) is 0 Å². The van der Waals surface area contributed by atoms with Crippen molar-refractivity contribution < 1.29 is 0 Å². The molecule has 0 N–H and O–H groups in total. The average molecular weight is 448 g/mol. The van der Waals surface area contributed by atoms with Crippen LogP contribution in [0.1, 0.15) is 124 Å². The molecule has 0 aliphatic rings. The van der Waals surface area contributed by atoms with Gasteiger partial charge in [0.1, 0.15) is 0 Å². The monoisotopic (exact) mass is 447 g/mol. The molecule has 0 atom stereocenters. The van der Waals surface area contributed by atoms with Crippen LogP contribution < -0.4 is 0 Å². The Balaban J connectivity index is 1.75. The van der Waals surface area contributed by atoms with Gasteiger partial charge < -0.3 is 4.57 Å². The second kappa shape index (κ2) is 11.1. The second-order valence-electron chi connectivity index (χ2n) is 12.3. The summed E-state index contributed by atoms with van der Waals surface area (Å²) < 4.78 is 2.59. The fourth-order valence-corrected chi connectivity index (χ4v) is 5.04.